The third-order valence-corrected chi connectivity index (χ3v) is 4.20. The summed E-state index contributed by atoms with van der Waals surface area (Å²) in [6.45, 7) is 2.50. The summed E-state index contributed by atoms with van der Waals surface area (Å²) in [6.07, 6.45) is 0.764. The summed E-state index contributed by atoms with van der Waals surface area (Å²) in [5, 5.41) is -0.382. The van der Waals surface area contributed by atoms with Crippen LogP contribution in [0, 0.1) is 0 Å². The van der Waals surface area contributed by atoms with E-state index in [2.05, 4.69) is 11.6 Å². The SMILES string of the molecule is CC(CCNS(=O)(=O)CCl)c1ccccc1. The molecule has 0 spiro atoms. The summed E-state index contributed by atoms with van der Waals surface area (Å²) >= 11 is 5.28. The Hall–Kier alpha value is -0.580. The van der Waals surface area contributed by atoms with Crippen molar-refractivity contribution in [1.29, 1.82) is 0 Å². The van der Waals surface area contributed by atoms with E-state index in [0.717, 1.165) is 6.42 Å². The minimum Gasteiger partial charge on any atom is -0.214 e. The van der Waals surface area contributed by atoms with Crippen LogP contribution in [0.25, 0.3) is 0 Å². The van der Waals surface area contributed by atoms with Crippen LogP contribution in [0.1, 0.15) is 24.8 Å². The van der Waals surface area contributed by atoms with E-state index < -0.39 is 10.0 Å². The maximum Gasteiger partial charge on any atom is 0.225 e. The van der Waals surface area contributed by atoms with Gasteiger partial charge in [-0.15, -0.1) is 11.6 Å². The fourth-order valence-corrected chi connectivity index (χ4v) is 2.16. The molecule has 1 aromatic rings. The normalized spacial score (nSPS) is 13.6. The molecule has 0 saturated heterocycles. The van der Waals surface area contributed by atoms with Gasteiger partial charge in [-0.3, -0.25) is 0 Å². The van der Waals surface area contributed by atoms with Crippen molar-refractivity contribution in [1.82, 2.24) is 4.72 Å². The Morgan fingerprint density at radius 3 is 2.50 bits per heavy atom. The average Bonchev–Trinajstić information content (AvgIpc) is 2.30. The van der Waals surface area contributed by atoms with Crippen molar-refractivity contribution in [3.05, 3.63) is 35.9 Å². The fourth-order valence-electron chi connectivity index (χ4n) is 1.42. The monoisotopic (exact) mass is 261 g/mol. The van der Waals surface area contributed by atoms with Crippen molar-refractivity contribution < 1.29 is 8.42 Å². The van der Waals surface area contributed by atoms with Gasteiger partial charge in [-0.05, 0) is 17.9 Å². The number of hydrogen-bond acceptors (Lipinski definition) is 2. The van der Waals surface area contributed by atoms with Crippen LogP contribution in [0.15, 0.2) is 30.3 Å². The summed E-state index contributed by atoms with van der Waals surface area (Å²) in [5.74, 6) is 0.333. The molecular weight excluding hydrogens is 246 g/mol. The van der Waals surface area contributed by atoms with E-state index in [1.54, 1.807) is 0 Å². The molecule has 0 amide bonds. The summed E-state index contributed by atoms with van der Waals surface area (Å²) in [4.78, 5) is 0. The van der Waals surface area contributed by atoms with Crippen LogP contribution in [0.4, 0.5) is 0 Å². The zero-order valence-corrected chi connectivity index (χ0v) is 10.8. The zero-order valence-electron chi connectivity index (χ0n) is 9.19. The average molecular weight is 262 g/mol. The molecule has 90 valence electrons. The van der Waals surface area contributed by atoms with Crippen LogP contribution in [0.2, 0.25) is 0 Å². The van der Waals surface area contributed by atoms with Gasteiger partial charge in [-0.25, -0.2) is 13.1 Å². The molecule has 1 atom stereocenters. The van der Waals surface area contributed by atoms with Crippen molar-refractivity contribution in [3.63, 3.8) is 0 Å². The van der Waals surface area contributed by atoms with E-state index in [1.807, 2.05) is 30.3 Å². The van der Waals surface area contributed by atoms with Crippen molar-refractivity contribution >= 4 is 21.6 Å². The summed E-state index contributed by atoms with van der Waals surface area (Å²) in [7, 11) is -3.28. The van der Waals surface area contributed by atoms with Crippen LogP contribution >= 0.6 is 11.6 Å². The minimum atomic E-state index is -3.28. The molecule has 1 aromatic carbocycles. The lowest BCUT2D eigenvalue weighted by Gasteiger charge is -2.11. The largest absolute Gasteiger partial charge is 0.225 e. The topological polar surface area (TPSA) is 46.2 Å². The highest BCUT2D eigenvalue weighted by atomic mass is 35.5. The first kappa shape index (κ1) is 13.5. The Balaban J connectivity index is 2.40. The van der Waals surface area contributed by atoms with E-state index in [0.29, 0.717) is 12.5 Å². The second-order valence-electron chi connectivity index (χ2n) is 3.72. The number of alkyl halides is 1. The van der Waals surface area contributed by atoms with Gasteiger partial charge in [0.15, 0.2) is 0 Å². The van der Waals surface area contributed by atoms with Crippen LogP contribution in [0.5, 0.6) is 0 Å². The highest BCUT2D eigenvalue weighted by Gasteiger charge is 2.09. The Labute approximate surface area is 102 Å². The molecule has 0 aliphatic rings. The lowest BCUT2D eigenvalue weighted by molar-refractivity contribution is 0.577. The van der Waals surface area contributed by atoms with Crippen LogP contribution < -0.4 is 4.72 Å². The Kier molecular flexibility index (Phi) is 5.25. The molecule has 5 heteroatoms. The van der Waals surface area contributed by atoms with Crippen molar-refractivity contribution in [2.24, 2.45) is 0 Å². The number of halogens is 1. The van der Waals surface area contributed by atoms with Gasteiger partial charge in [0.05, 0.1) is 0 Å². The van der Waals surface area contributed by atoms with E-state index >= 15 is 0 Å². The third kappa shape index (κ3) is 4.51. The standard InChI is InChI=1S/C11H16ClNO2S/c1-10(11-5-3-2-4-6-11)7-8-13-16(14,15)9-12/h2-6,10,13H,7-9H2,1H3. The molecular formula is C11H16ClNO2S. The van der Waals surface area contributed by atoms with Gasteiger partial charge in [0.25, 0.3) is 0 Å². The lowest BCUT2D eigenvalue weighted by Crippen LogP contribution is -2.26. The summed E-state index contributed by atoms with van der Waals surface area (Å²) < 4.78 is 24.6. The van der Waals surface area contributed by atoms with Crippen LogP contribution in [0.3, 0.4) is 0 Å². The van der Waals surface area contributed by atoms with Gasteiger partial charge >= 0.3 is 0 Å². The number of rotatable bonds is 6. The molecule has 16 heavy (non-hydrogen) atoms. The van der Waals surface area contributed by atoms with Gasteiger partial charge in [0.2, 0.25) is 10.0 Å². The Morgan fingerprint density at radius 2 is 1.94 bits per heavy atom. The third-order valence-electron chi connectivity index (χ3n) is 2.41. The van der Waals surface area contributed by atoms with Crippen LogP contribution in [-0.2, 0) is 10.0 Å². The second-order valence-corrected chi connectivity index (χ2v) is 6.11. The summed E-state index contributed by atoms with van der Waals surface area (Å²) in [6, 6.07) is 10.0. The van der Waals surface area contributed by atoms with Gasteiger partial charge in [0, 0.05) is 6.54 Å². The van der Waals surface area contributed by atoms with Crippen molar-refractivity contribution in [3.8, 4) is 0 Å². The first-order valence-corrected chi connectivity index (χ1v) is 7.32. The van der Waals surface area contributed by atoms with Crippen molar-refractivity contribution in [2.45, 2.75) is 19.3 Å². The molecule has 0 fully saturated rings. The van der Waals surface area contributed by atoms with E-state index in [9.17, 15) is 8.42 Å². The molecule has 1 N–H and O–H groups in total. The highest BCUT2D eigenvalue weighted by Crippen LogP contribution is 2.17. The van der Waals surface area contributed by atoms with E-state index in [-0.39, 0.29) is 5.21 Å². The Bertz CT molecular complexity index is 405. The van der Waals surface area contributed by atoms with Gasteiger partial charge in [0.1, 0.15) is 5.21 Å². The summed E-state index contributed by atoms with van der Waals surface area (Å²) in [5.41, 5.74) is 1.22. The molecule has 0 aliphatic carbocycles. The maximum absolute atomic E-state index is 11.1. The molecule has 0 aromatic heterocycles. The maximum atomic E-state index is 11.1. The molecule has 0 heterocycles. The Morgan fingerprint density at radius 1 is 1.31 bits per heavy atom. The van der Waals surface area contributed by atoms with Gasteiger partial charge < -0.3 is 0 Å². The predicted octanol–water partition coefficient (Wildman–Crippen LogP) is 2.30. The number of benzene rings is 1. The molecule has 0 bridgehead atoms. The number of nitrogens with one attached hydrogen (secondary N) is 1. The van der Waals surface area contributed by atoms with Crippen LogP contribution in [-0.4, -0.2) is 20.2 Å². The van der Waals surface area contributed by atoms with E-state index in [1.165, 1.54) is 5.56 Å². The quantitative estimate of drug-likeness (QED) is 0.799. The minimum absolute atomic E-state index is 0.333. The fraction of sp³-hybridized carbons (Fsp3) is 0.455. The zero-order chi connectivity index (χ0) is 12.0. The second kappa shape index (κ2) is 6.23. The molecule has 0 aliphatic heterocycles. The van der Waals surface area contributed by atoms with Crippen molar-refractivity contribution in [2.75, 3.05) is 11.8 Å². The molecule has 0 saturated carbocycles. The smallest absolute Gasteiger partial charge is 0.214 e. The molecule has 0 radical (unpaired) electrons. The lowest BCUT2D eigenvalue weighted by atomic mass is 9.98. The number of sulfonamides is 1. The molecule has 1 unspecified atom stereocenters. The highest BCUT2D eigenvalue weighted by molar-refractivity contribution is 7.90. The first-order chi connectivity index (χ1) is 7.55. The van der Waals surface area contributed by atoms with Gasteiger partial charge in [-0.2, -0.15) is 0 Å². The molecule has 1 rings (SSSR count). The van der Waals surface area contributed by atoms with Gasteiger partial charge in [-0.1, -0.05) is 37.3 Å². The number of hydrogen-bond donors (Lipinski definition) is 1. The van der Waals surface area contributed by atoms with E-state index in [4.69, 9.17) is 11.6 Å². The first-order valence-electron chi connectivity index (χ1n) is 5.13. The molecule has 3 nitrogen and oxygen atoms in total. The predicted molar refractivity (Wildman–Crippen MR) is 67.1 cm³/mol.